The average molecular weight is 261 g/mol. The normalized spacial score (nSPS) is 15.7. The van der Waals surface area contributed by atoms with Crippen molar-refractivity contribution < 1.29 is 9.59 Å². The van der Waals surface area contributed by atoms with Gasteiger partial charge in [-0.3, -0.25) is 9.59 Å². The predicted octanol–water partition coefficient (Wildman–Crippen LogP) is 0.999. The second kappa shape index (κ2) is 5.73. The first kappa shape index (κ1) is 13.4. The molecule has 1 aliphatic rings. The zero-order valence-electron chi connectivity index (χ0n) is 11.3. The quantitative estimate of drug-likeness (QED) is 0.835. The first-order chi connectivity index (χ1) is 9.11. The summed E-state index contributed by atoms with van der Waals surface area (Å²) in [6.07, 6.45) is 0.374. The van der Waals surface area contributed by atoms with Crippen LogP contribution < -0.4 is 10.6 Å². The van der Waals surface area contributed by atoms with Crippen molar-refractivity contribution in [3.63, 3.8) is 0 Å². The molecule has 0 radical (unpaired) electrons. The van der Waals surface area contributed by atoms with Gasteiger partial charge in [0, 0.05) is 44.4 Å². The molecule has 5 nitrogen and oxygen atoms in total. The van der Waals surface area contributed by atoms with Crippen LogP contribution in [0.5, 0.6) is 0 Å². The van der Waals surface area contributed by atoms with Crippen LogP contribution in [0.1, 0.15) is 22.3 Å². The molecule has 1 heterocycles. The van der Waals surface area contributed by atoms with Crippen LogP contribution in [0.25, 0.3) is 0 Å². The van der Waals surface area contributed by atoms with Gasteiger partial charge < -0.3 is 15.5 Å². The van der Waals surface area contributed by atoms with Gasteiger partial charge in [-0.25, -0.2) is 0 Å². The minimum absolute atomic E-state index is 0.00310. The summed E-state index contributed by atoms with van der Waals surface area (Å²) >= 11 is 0. The summed E-state index contributed by atoms with van der Waals surface area (Å²) in [4.78, 5) is 25.5. The largest absolute Gasteiger partial charge is 0.388 e. The number of amides is 2. The Labute approximate surface area is 113 Å². The summed E-state index contributed by atoms with van der Waals surface area (Å²) in [5, 5.41) is 5.82. The Morgan fingerprint density at radius 3 is 2.84 bits per heavy atom. The van der Waals surface area contributed by atoms with Crippen molar-refractivity contribution in [2.75, 3.05) is 32.0 Å². The fraction of sp³-hybridized carbons (Fsp3) is 0.429. The molecular weight excluding hydrogens is 242 g/mol. The first-order valence-electron chi connectivity index (χ1n) is 6.46. The summed E-state index contributed by atoms with van der Waals surface area (Å²) in [5.74, 6) is 0.00852. The van der Waals surface area contributed by atoms with Crippen LogP contribution in [-0.2, 0) is 4.79 Å². The van der Waals surface area contributed by atoms with Gasteiger partial charge in [0.1, 0.15) is 0 Å². The Kier molecular flexibility index (Phi) is 4.04. The van der Waals surface area contributed by atoms with Gasteiger partial charge in [0.25, 0.3) is 5.91 Å². The molecule has 0 atom stereocenters. The molecule has 0 unspecified atom stereocenters. The van der Waals surface area contributed by atoms with Crippen molar-refractivity contribution in [2.45, 2.75) is 13.3 Å². The maximum atomic E-state index is 12.4. The number of rotatable bonds is 2. The highest BCUT2D eigenvalue weighted by Gasteiger charge is 2.20. The standard InChI is InChI=1S/C14H19N3O2/c1-10-9-11(15-2)3-4-12(10)14(19)17-7-5-13(18)16-6-8-17/h3-4,9,15H,5-8H2,1-2H3,(H,16,18). The second-order valence-corrected chi connectivity index (χ2v) is 4.67. The summed E-state index contributed by atoms with van der Waals surface area (Å²) in [5.41, 5.74) is 2.63. The molecule has 0 spiro atoms. The topological polar surface area (TPSA) is 61.4 Å². The number of aryl methyl sites for hydroxylation is 1. The van der Waals surface area contributed by atoms with Gasteiger partial charge in [-0.2, -0.15) is 0 Å². The zero-order chi connectivity index (χ0) is 13.8. The Morgan fingerprint density at radius 2 is 2.16 bits per heavy atom. The molecule has 0 aromatic heterocycles. The van der Waals surface area contributed by atoms with E-state index >= 15 is 0 Å². The number of carbonyl (C=O) groups is 2. The fourth-order valence-electron chi connectivity index (χ4n) is 2.20. The van der Waals surface area contributed by atoms with Gasteiger partial charge in [-0.1, -0.05) is 0 Å². The molecule has 0 bridgehead atoms. The Balaban J connectivity index is 2.16. The second-order valence-electron chi connectivity index (χ2n) is 4.67. The summed E-state index contributed by atoms with van der Waals surface area (Å²) in [6.45, 7) is 3.50. The molecule has 1 fully saturated rings. The van der Waals surface area contributed by atoms with Crippen LogP contribution in [0.15, 0.2) is 18.2 Å². The third-order valence-corrected chi connectivity index (χ3v) is 3.35. The lowest BCUT2D eigenvalue weighted by molar-refractivity contribution is -0.120. The highest BCUT2D eigenvalue weighted by molar-refractivity contribution is 5.96. The van der Waals surface area contributed by atoms with E-state index in [0.29, 0.717) is 31.6 Å². The van der Waals surface area contributed by atoms with Crippen molar-refractivity contribution in [3.05, 3.63) is 29.3 Å². The van der Waals surface area contributed by atoms with Crippen LogP contribution >= 0.6 is 0 Å². The third-order valence-electron chi connectivity index (χ3n) is 3.35. The van der Waals surface area contributed by atoms with Crippen molar-refractivity contribution in [1.82, 2.24) is 10.2 Å². The lowest BCUT2D eigenvalue weighted by atomic mass is 10.1. The zero-order valence-corrected chi connectivity index (χ0v) is 11.3. The summed E-state index contributed by atoms with van der Waals surface area (Å²) < 4.78 is 0. The molecule has 2 N–H and O–H groups in total. The number of carbonyl (C=O) groups excluding carboxylic acids is 2. The Bertz CT molecular complexity index is 499. The third kappa shape index (κ3) is 3.05. The Hall–Kier alpha value is -2.04. The highest BCUT2D eigenvalue weighted by atomic mass is 16.2. The van der Waals surface area contributed by atoms with Crippen LogP contribution in [0.4, 0.5) is 5.69 Å². The molecule has 2 rings (SSSR count). The first-order valence-corrected chi connectivity index (χ1v) is 6.46. The van der Waals surface area contributed by atoms with Crippen LogP contribution in [0.2, 0.25) is 0 Å². The van der Waals surface area contributed by atoms with E-state index in [4.69, 9.17) is 0 Å². The fourth-order valence-corrected chi connectivity index (χ4v) is 2.20. The van der Waals surface area contributed by atoms with E-state index < -0.39 is 0 Å². The van der Waals surface area contributed by atoms with Gasteiger partial charge in [0.2, 0.25) is 5.91 Å². The molecule has 1 saturated heterocycles. The molecule has 1 aromatic rings. The van der Waals surface area contributed by atoms with Crippen LogP contribution in [0.3, 0.4) is 0 Å². The highest BCUT2D eigenvalue weighted by Crippen LogP contribution is 2.17. The van der Waals surface area contributed by atoms with Gasteiger partial charge >= 0.3 is 0 Å². The monoisotopic (exact) mass is 261 g/mol. The maximum Gasteiger partial charge on any atom is 0.254 e. The van der Waals surface area contributed by atoms with E-state index in [0.717, 1.165) is 11.3 Å². The molecule has 5 heteroatoms. The molecule has 1 aromatic carbocycles. The maximum absolute atomic E-state index is 12.4. The van der Waals surface area contributed by atoms with E-state index in [1.807, 2.05) is 32.2 Å². The molecule has 102 valence electrons. The number of hydrogen-bond acceptors (Lipinski definition) is 3. The van der Waals surface area contributed by atoms with Crippen LogP contribution in [-0.4, -0.2) is 43.4 Å². The average Bonchev–Trinajstić information content (AvgIpc) is 2.62. The number of nitrogens with one attached hydrogen (secondary N) is 2. The Morgan fingerprint density at radius 1 is 1.37 bits per heavy atom. The molecule has 1 aliphatic heterocycles. The van der Waals surface area contributed by atoms with Gasteiger partial charge in [-0.15, -0.1) is 0 Å². The van der Waals surface area contributed by atoms with Crippen molar-refractivity contribution >= 4 is 17.5 Å². The van der Waals surface area contributed by atoms with E-state index in [1.54, 1.807) is 4.90 Å². The van der Waals surface area contributed by atoms with E-state index in [9.17, 15) is 9.59 Å². The number of hydrogen-bond donors (Lipinski definition) is 2. The summed E-state index contributed by atoms with van der Waals surface area (Å²) in [6, 6.07) is 5.68. The smallest absolute Gasteiger partial charge is 0.254 e. The lowest BCUT2D eigenvalue weighted by Crippen LogP contribution is -2.34. The van der Waals surface area contributed by atoms with Crippen molar-refractivity contribution in [2.24, 2.45) is 0 Å². The molecule has 0 saturated carbocycles. The number of nitrogens with zero attached hydrogens (tertiary/aromatic N) is 1. The summed E-state index contributed by atoms with van der Waals surface area (Å²) in [7, 11) is 1.85. The minimum atomic E-state index is -0.00310. The molecule has 0 aliphatic carbocycles. The SMILES string of the molecule is CNc1ccc(C(=O)N2CCNC(=O)CC2)c(C)c1. The minimum Gasteiger partial charge on any atom is -0.388 e. The van der Waals surface area contributed by atoms with E-state index in [-0.39, 0.29) is 11.8 Å². The predicted molar refractivity (Wildman–Crippen MR) is 74.3 cm³/mol. The van der Waals surface area contributed by atoms with E-state index in [1.165, 1.54) is 0 Å². The lowest BCUT2D eigenvalue weighted by Gasteiger charge is -2.20. The van der Waals surface area contributed by atoms with Gasteiger partial charge in [0.15, 0.2) is 0 Å². The van der Waals surface area contributed by atoms with Gasteiger partial charge in [0.05, 0.1) is 0 Å². The van der Waals surface area contributed by atoms with Gasteiger partial charge in [-0.05, 0) is 30.7 Å². The molecule has 2 amide bonds. The molecule has 19 heavy (non-hydrogen) atoms. The van der Waals surface area contributed by atoms with Crippen molar-refractivity contribution in [1.29, 1.82) is 0 Å². The number of anilines is 1. The van der Waals surface area contributed by atoms with Crippen LogP contribution in [0, 0.1) is 6.92 Å². The van der Waals surface area contributed by atoms with E-state index in [2.05, 4.69) is 10.6 Å². The molecular formula is C14H19N3O2. The van der Waals surface area contributed by atoms with Crippen molar-refractivity contribution in [3.8, 4) is 0 Å². The number of benzene rings is 1.